The van der Waals surface area contributed by atoms with E-state index in [0.29, 0.717) is 23.4 Å². The van der Waals surface area contributed by atoms with Crippen molar-refractivity contribution < 1.29 is 9.18 Å². The summed E-state index contributed by atoms with van der Waals surface area (Å²) in [5.74, 6) is -0.582. The van der Waals surface area contributed by atoms with Crippen LogP contribution in [-0.2, 0) is 13.1 Å². The zero-order valence-corrected chi connectivity index (χ0v) is 16.1. The van der Waals surface area contributed by atoms with E-state index in [-0.39, 0.29) is 18.3 Å². The summed E-state index contributed by atoms with van der Waals surface area (Å²) in [4.78, 5) is 19.5. The molecular weight excluding hydrogens is 377 g/mol. The largest absolute Gasteiger partial charge is 0.329 e. The van der Waals surface area contributed by atoms with Crippen LogP contribution in [0.4, 0.5) is 4.39 Å². The third kappa shape index (κ3) is 4.18. The van der Waals surface area contributed by atoms with Crippen molar-refractivity contribution in [2.45, 2.75) is 13.1 Å². The zero-order chi connectivity index (χ0) is 20.9. The van der Waals surface area contributed by atoms with Crippen molar-refractivity contribution >= 4 is 16.7 Å². The van der Waals surface area contributed by atoms with Crippen molar-refractivity contribution in [3.05, 3.63) is 113 Å². The Kier molecular flexibility index (Phi) is 5.49. The maximum absolute atomic E-state index is 13.7. The SMILES string of the molecule is N#Cc1ccc(CN(Cc2cccc(F)c2)C(=O)c2nccc3ccccc23)cc1. The third-order valence-electron chi connectivity index (χ3n) is 4.88. The van der Waals surface area contributed by atoms with Gasteiger partial charge in [0.1, 0.15) is 11.5 Å². The lowest BCUT2D eigenvalue weighted by Crippen LogP contribution is -2.31. The molecule has 0 aliphatic heterocycles. The van der Waals surface area contributed by atoms with Gasteiger partial charge in [-0.2, -0.15) is 5.26 Å². The molecule has 5 heteroatoms. The van der Waals surface area contributed by atoms with E-state index in [0.717, 1.165) is 16.3 Å². The number of benzene rings is 3. The highest BCUT2D eigenvalue weighted by atomic mass is 19.1. The highest BCUT2D eigenvalue weighted by Gasteiger charge is 2.20. The molecule has 0 saturated heterocycles. The van der Waals surface area contributed by atoms with Gasteiger partial charge in [0, 0.05) is 24.7 Å². The number of fused-ring (bicyclic) bond motifs is 1. The molecule has 0 fully saturated rings. The normalized spacial score (nSPS) is 10.5. The van der Waals surface area contributed by atoms with E-state index in [2.05, 4.69) is 11.1 Å². The topological polar surface area (TPSA) is 57.0 Å². The van der Waals surface area contributed by atoms with Crippen molar-refractivity contribution in [2.75, 3.05) is 0 Å². The summed E-state index contributed by atoms with van der Waals surface area (Å²) < 4.78 is 13.7. The average molecular weight is 395 g/mol. The first kappa shape index (κ1) is 19.3. The number of rotatable bonds is 5. The Balaban J connectivity index is 1.71. The Morgan fingerprint density at radius 1 is 0.933 bits per heavy atom. The molecule has 1 aromatic heterocycles. The van der Waals surface area contributed by atoms with Crippen LogP contribution in [0.3, 0.4) is 0 Å². The van der Waals surface area contributed by atoms with Crippen molar-refractivity contribution in [2.24, 2.45) is 0 Å². The number of hydrogen-bond donors (Lipinski definition) is 0. The summed E-state index contributed by atoms with van der Waals surface area (Å²) in [7, 11) is 0. The lowest BCUT2D eigenvalue weighted by molar-refractivity contribution is 0.0726. The lowest BCUT2D eigenvalue weighted by Gasteiger charge is -2.23. The van der Waals surface area contributed by atoms with E-state index >= 15 is 0 Å². The second-order valence-corrected chi connectivity index (χ2v) is 6.98. The highest BCUT2D eigenvalue weighted by molar-refractivity contribution is 6.05. The van der Waals surface area contributed by atoms with Crippen molar-refractivity contribution in [1.29, 1.82) is 5.26 Å². The highest BCUT2D eigenvalue weighted by Crippen LogP contribution is 2.21. The van der Waals surface area contributed by atoms with Gasteiger partial charge in [0.25, 0.3) is 5.91 Å². The van der Waals surface area contributed by atoms with Crippen LogP contribution < -0.4 is 0 Å². The molecule has 3 aromatic carbocycles. The Labute approximate surface area is 173 Å². The molecule has 0 saturated carbocycles. The van der Waals surface area contributed by atoms with Gasteiger partial charge in [-0.1, -0.05) is 48.5 Å². The van der Waals surface area contributed by atoms with Crippen LogP contribution in [0.1, 0.15) is 27.2 Å². The van der Waals surface area contributed by atoms with Crippen LogP contribution in [0.25, 0.3) is 10.8 Å². The van der Waals surface area contributed by atoms with Gasteiger partial charge in [0.05, 0.1) is 11.6 Å². The van der Waals surface area contributed by atoms with E-state index in [1.165, 1.54) is 12.1 Å². The number of halogens is 1. The van der Waals surface area contributed by atoms with Crippen LogP contribution >= 0.6 is 0 Å². The van der Waals surface area contributed by atoms with E-state index < -0.39 is 0 Å². The Morgan fingerprint density at radius 2 is 1.70 bits per heavy atom. The van der Waals surface area contributed by atoms with E-state index in [9.17, 15) is 9.18 Å². The number of carbonyl (C=O) groups excluding carboxylic acids is 1. The van der Waals surface area contributed by atoms with Crippen molar-refractivity contribution in [1.82, 2.24) is 9.88 Å². The first-order valence-electron chi connectivity index (χ1n) is 9.50. The van der Waals surface area contributed by atoms with Crippen LogP contribution in [0.5, 0.6) is 0 Å². The number of pyridine rings is 1. The molecule has 0 N–H and O–H groups in total. The maximum Gasteiger partial charge on any atom is 0.273 e. The number of carbonyl (C=O) groups is 1. The number of nitrogens with zero attached hydrogens (tertiary/aromatic N) is 3. The van der Waals surface area contributed by atoms with Gasteiger partial charge >= 0.3 is 0 Å². The molecule has 4 aromatic rings. The molecule has 1 heterocycles. The minimum absolute atomic E-state index is 0.236. The second kappa shape index (κ2) is 8.54. The number of aromatic nitrogens is 1. The third-order valence-corrected chi connectivity index (χ3v) is 4.88. The molecule has 0 radical (unpaired) electrons. The van der Waals surface area contributed by atoms with E-state index in [1.54, 1.807) is 35.4 Å². The van der Waals surface area contributed by atoms with Gasteiger partial charge < -0.3 is 4.90 Å². The Bertz CT molecular complexity index is 1240. The van der Waals surface area contributed by atoms with Crippen LogP contribution in [0.15, 0.2) is 85.1 Å². The molecule has 0 atom stereocenters. The summed E-state index contributed by atoms with van der Waals surface area (Å²) in [6, 6.07) is 24.9. The molecule has 0 bridgehead atoms. The predicted molar refractivity (Wildman–Crippen MR) is 113 cm³/mol. The fourth-order valence-corrected chi connectivity index (χ4v) is 3.40. The quantitative estimate of drug-likeness (QED) is 0.473. The minimum atomic E-state index is -0.346. The lowest BCUT2D eigenvalue weighted by atomic mass is 10.1. The van der Waals surface area contributed by atoms with Gasteiger partial charge in [0.2, 0.25) is 0 Å². The zero-order valence-electron chi connectivity index (χ0n) is 16.1. The first-order chi connectivity index (χ1) is 14.6. The van der Waals surface area contributed by atoms with Crippen molar-refractivity contribution in [3.8, 4) is 6.07 Å². The molecule has 4 rings (SSSR count). The second-order valence-electron chi connectivity index (χ2n) is 6.98. The summed E-state index contributed by atoms with van der Waals surface area (Å²) >= 11 is 0. The van der Waals surface area contributed by atoms with Gasteiger partial charge in [-0.3, -0.25) is 9.78 Å². The minimum Gasteiger partial charge on any atom is -0.329 e. The first-order valence-corrected chi connectivity index (χ1v) is 9.50. The van der Waals surface area contributed by atoms with Gasteiger partial charge in [-0.15, -0.1) is 0 Å². The molecule has 146 valence electrons. The summed E-state index contributed by atoms with van der Waals surface area (Å²) in [6.45, 7) is 0.549. The molecule has 0 aliphatic rings. The molecule has 0 aliphatic carbocycles. The molecule has 4 nitrogen and oxygen atoms in total. The average Bonchev–Trinajstić information content (AvgIpc) is 2.78. The number of amides is 1. The monoisotopic (exact) mass is 395 g/mol. The standard InChI is InChI=1S/C25H18FN3O/c26-22-6-3-4-20(14-22)17-29(16-19-10-8-18(15-27)9-11-19)25(30)24-23-7-2-1-5-21(23)12-13-28-24/h1-14H,16-17H2. The molecular formula is C25H18FN3O. The van der Waals surface area contributed by atoms with Crippen molar-refractivity contribution in [3.63, 3.8) is 0 Å². The van der Waals surface area contributed by atoms with Gasteiger partial charge in [0.15, 0.2) is 0 Å². The van der Waals surface area contributed by atoms with Crippen LogP contribution in [-0.4, -0.2) is 15.8 Å². The fraction of sp³-hybridized carbons (Fsp3) is 0.0800. The predicted octanol–water partition coefficient (Wildman–Crippen LogP) is 5.09. The molecule has 30 heavy (non-hydrogen) atoms. The summed E-state index contributed by atoms with van der Waals surface area (Å²) in [5, 5.41) is 10.7. The molecule has 0 unspecified atom stereocenters. The summed E-state index contributed by atoms with van der Waals surface area (Å²) in [5.41, 5.74) is 2.48. The van der Waals surface area contributed by atoms with E-state index in [1.807, 2.05) is 42.5 Å². The smallest absolute Gasteiger partial charge is 0.273 e. The maximum atomic E-state index is 13.7. The van der Waals surface area contributed by atoms with Crippen LogP contribution in [0.2, 0.25) is 0 Å². The molecule has 1 amide bonds. The van der Waals surface area contributed by atoms with E-state index in [4.69, 9.17) is 5.26 Å². The summed E-state index contributed by atoms with van der Waals surface area (Å²) in [6.07, 6.45) is 1.62. The fourth-order valence-electron chi connectivity index (χ4n) is 3.40. The molecule has 0 spiro atoms. The van der Waals surface area contributed by atoms with Gasteiger partial charge in [-0.25, -0.2) is 4.39 Å². The number of hydrogen-bond acceptors (Lipinski definition) is 3. The Hall–Kier alpha value is -4.04. The van der Waals surface area contributed by atoms with Gasteiger partial charge in [-0.05, 0) is 46.8 Å². The number of nitriles is 1. The Morgan fingerprint density at radius 3 is 2.47 bits per heavy atom. The van der Waals surface area contributed by atoms with Crippen LogP contribution in [0, 0.1) is 17.1 Å².